The maximum absolute atomic E-state index is 4.38. The molecule has 0 amide bonds. The molecule has 0 spiro atoms. The molecule has 1 heterocycles. The molecule has 0 unspecified atom stereocenters. The number of nitrogens with zero attached hydrogens (tertiary/aromatic N) is 1. The number of benzene rings is 1. The van der Waals surface area contributed by atoms with E-state index < -0.39 is 0 Å². The minimum Gasteiger partial charge on any atom is -0.253 e. The number of aryl methyl sites for hydroxylation is 1. The van der Waals surface area contributed by atoms with E-state index in [2.05, 4.69) is 29.7 Å². The monoisotopic (exact) mass is 191 g/mol. The average molecular weight is 191 g/mol. The largest absolute Gasteiger partial charge is 0.253 e. The summed E-state index contributed by atoms with van der Waals surface area (Å²) in [5, 5.41) is 1.21. The fourth-order valence-corrected chi connectivity index (χ4v) is 1.17. The standard InChI is InChI=1S/C10H9N.CH4S/c1-8-6-7-9-4-2-3-5-10(9)11-8;1-2/h2-7H,1H3;2H,1H3. The summed E-state index contributed by atoms with van der Waals surface area (Å²) in [6, 6.07) is 12.3. The first-order chi connectivity index (χ1) is 6.36. The molecule has 0 aliphatic carbocycles. The molecule has 0 aliphatic rings. The van der Waals surface area contributed by atoms with Crippen LogP contribution in [0.15, 0.2) is 36.4 Å². The van der Waals surface area contributed by atoms with Crippen LogP contribution in [0.1, 0.15) is 5.69 Å². The van der Waals surface area contributed by atoms with Crippen molar-refractivity contribution in [1.29, 1.82) is 0 Å². The van der Waals surface area contributed by atoms with Gasteiger partial charge in [0.05, 0.1) is 5.52 Å². The van der Waals surface area contributed by atoms with Crippen molar-refractivity contribution in [1.82, 2.24) is 4.98 Å². The van der Waals surface area contributed by atoms with Crippen LogP contribution in [-0.4, -0.2) is 11.2 Å². The van der Waals surface area contributed by atoms with Gasteiger partial charge in [-0.2, -0.15) is 12.6 Å². The zero-order valence-electron chi connectivity index (χ0n) is 7.86. The topological polar surface area (TPSA) is 12.9 Å². The van der Waals surface area contributed by atoms with E-state index in [1.165, 1.54) is 5.39 Å². The molecular weight excluding hydrogens is 178 g/mol. The zero-order valence-corrected chi connectivity index (χ0v) is 8.75. The fraction of sp³-hybridized carbons (Fsp3) is 0.182. The molecular formula is C11H13NS. The van der Waals surface area contributed by atoms with E-state index in [0.717, 1.165) is 11.2 Å². The van der Waals surface area contributed by atoms with Gasteiger partial charge < -0.3 is 0 Å². The normalized spacial score (nSPS) is 9.15. The Kier molecular flexibility index (Phi) is 3.77. The van der Waals surface area contributed by atoms with Crippen LogP contribution in [0.25, 0.3) is 10.9 Å². The van der Waals surface area contributed by atoms with Crippen molar-refractivity contribution in [3.63, 3.8) is 0 Å². The van der Waals surface area contributed by atoms with Crippen LogP contribution in [0.3, 0.4) is 0 Å². The van der Waals surface area contributed by atoms with Crippen molar-refractivity contribution in [3.05, 3.63) is 42.1 Å². The Hall–Kier alpha value is -1.02. The molecule has 0 bridgehead atoms. The fourth-order valence-electron chi connectivity index (χ4n) is 1.17. The molecule has 0 fully saturated rings. The van der Waals surface area contributed by atoms with E-state index in [-0.39, 0.29) is 0 Å². The van der Waals surface area contributed by atoms with Crippen LogP contribution in [0.2, 0.25) is 0 Å². The zero-order chi connectivity index (χ0) is 9.68. The van der Waals surface area contributed by atoms with E-state index in [1.54, 1.807) is 6.26 Å². The molecule has 0 aliphatic heterocycles. The minimum absolute atomic E-state index is 1.07. The van der Waals surface area contributed by atoms with Gasteiger partial charge in [0.1, 0.15) is 0 Å². The SMILES string of the molecule is CS.Cc1ccc2ccccc2n1. The van der Waals surface area contributed by atoms with E-state index >= 15 is 0 Å². The molecule has 1 aromatic carbocycles. The van der Waals surface area contributed by atoms with Crippen LogP contribution >= 0.6 is 12.6 Å². The lowest BCUT2D eigenvalue weighted by Gasteiger charge is -1.95. The number of hydrogen-bond donors (Lipinski definition) is 1. The summed E-state index contributed by atoms with van der Waals surface area (Å²) in [6.45, 7) is 2.01. The lowest BCUT2D eigenvalue weighted by atomic mass is 10.2. The van der Waals surface area contributed by atoms with Crippen molar-refractivity contribution in [3.8, 4) is 0 Å². The highest BCUT2D eigenvalue weighted by Gasteiger charge is 1.90. The second-order valence-corrected chi connectivity index (χ2v) is 2.65. The Bertz CT molecular complexity index is 385. The quantitative estimate of drug-likeness (QED) is 0.631. The third kappa shape index (κ3) is 2.46. The van der Waals surface area contributed by atoms with E-state index in [4.69, 9.17) is 0 Å². The summed E-state index contributed by atoms with van der Waals surface area (Å²) in [4.78, 5) is 4.38. The third-order valence-corrected chi connectivity index (χ3v) is 1.74. The van der Waals surface area contributed by atoms with Gasteiger partial charge in [-0.15, -0.1) is 0 Å². The lowest BCUT2D eigenvalue weighted by Crippen LogP contribution is -1.80. The molecule has 2 aromatic rings. The Morgan fingerprint density at radius 1 is 1.00 bits per heavy atom. The summed E-state index contributed by atoms with van der Waals surface area (Å²) in [5.41, 5.74) is 2.15. The first kappa shape index (κ1) is 10.1. The van der Waals surface area contributed by atoms with E-state index in [1.807, 2.05) is 31.2 Å². The minimum atomic E-state index is 1.07. The smallest absolute Gasteiger partial charge is 0.0705 e. The Labute approximate surface area is 84.2 Å². The van der Waals surface area contributed by atoms with Crippen molar-refractivity contribution >= 4 is 23.5 Å². The molecule has 0 saturated carbocycles. The van der Waals surface area contributed by atoms with Gasteiger partial charge in [-0.05, 0) is 25.3 Å². The Balaban J connectivity index is 0.000000396. The molecule has 0 radical (unpaired) electrons. The number of para-hydroxylation sites is 1. The Morgan fingerprint density at radius 3 is 2.46 bits per heavy atom. The summed E-state index contributed by atoms with van der Waals surface area (Å²) in [5.74, 6) is 0. The van der Waals surface area contributed by atoms with Crippen molar-refractivity contribution in [2.45, 2.75) is 6.92 Å². The molecule has 2 rings (SSSR count). The van der Waals surface area contributed by atoms with Gasteiger partial charge in [-0.25, -0.2) is 0 Å². The highest BCUT2D eigenvalue weighted by Crippen LogP contribution is 2.10. The molecule has 13 heavy (non-hydrogen) atoms. The van der Waals surface area contributed by atoms with Gasteiger partial charge in [-0.1, -0.05) is 24.3 Å². The highest BCUT2D eigenvalue weighted by molar-refractivity contribution is 7.79. The molecule has 2 heteroatoms. The molecule has 1 aromatic heterocycles. The summed E-state index contributed by atoms with van der Waals surface area (Å²) in [7, 11) is 0. The molecule has 0 N–H and O–H groups in total. The molecule has 68 valence electrons. The lowest BCUT2D eigenvalue weighted by molar-refractivity contribution is 1.26. The third-order valence-electron chi connectivity index (χ3n) is 1.74. The number of hydrogen-bond acceptors (Lipinski definition) is 2. The van der Waals surface area contributed by atoms with Gasteiger partial charge in [-0.3, -0.25) is 4.98 Å². The first-order valence-corrected chi connectivity index (χ1v) is 5.03. The van der Waals surface area contributed by atoms with Crippen LogP contribution in [-0.2, 0) is 0 Å². The van der Waals surface area contributed by atoms with Gasteiger partial charge in [0, 0.05) is 11.1 Å². The van der Waals surface area contributed by atoms with Crippen molar-refractivity contribution in [2.75, 3.05) is 6.26 Å². The van der Waals surface area contributed by atoms with E-state index in [0.29, 0.717) is 0 Å². The maximum Gasteiger partial charge on any atom is 0.0705 e. The number of fused-ring (bicyclic) bond motifs is 1. The maximum atomic E-state index is 4.38. The van der Waals surface area contributed by atoms with Crippen LogP contribution in [0.4, 0.5) is 0 Å². The second-order valence-electron chi connectivity index (χ2n) is 2.65. The first-order valence-electron chi connectivity index (χ1n) is 4.13. The predicted octanol–water partition coefficient (Wildman–Crippen LogP) is 3.09. The van der Waals surface area contributed by atoms with Gasteiger partial charge in [0.25, 0.3) is 0 Å². The summed E-state index contributed by atoms with van der Waals surface area (Å²) in [6.07, 6.45) is 1.69. The van der Waals surface area contributed by atoms with Crippen molar-refractivity contribution < 1.29 is 0 Å². The summed E-state index contributed by atoms with van der Waals surface area (Å²) >= 11 is 3.53. The average Bonchev–Trinajstić information content (AvgIpc) is 2.21. The number of rotatable bonds is 0. The van der Waals surface area contributed by atoms with Crippen LogP contribution in [0.5, 0.6) is 0 Å². The van der Waals surface area contributed by atoms with Crippen LogP contribution in [0, 0.1) is 6.92 Å². The van der Waals surface area contributed by atoms with Crippen molar-refractivity contribution in [2.24, 2.45) is 0 Å². The van der Waals surface area contributed by atoms with Gasteiger partial charge in [0.15, 0.2) is 0 Å². The number of thiol groups is 1. The Morgan fingerprint density at radius 2 is 1.69 bits per heavy atom. The number of aromatic nitrogens is 1. The molecule has 0 atom stereocenters. The molecule has 1 nitrogen and oxygen atoms in total. The number of pyridine rings is 1. The van der Waals surface area contributed by atoms with Crippen LogP contribution < -0.4 is 0 Å². The predicted molar refractivity (Wildman–Crippen MR) is 61.4 cm³/mol. The van der Waals surface area contributed by atoms with E-state index in [9.17, 15) is 0 Å². The molecule has 0 saturated heterocycles. The highest BCUT2D eigenvalue weighted by atomic mass is 32.1. The van der Waals surface area contributed by atoms with Gasteiger partial charge in [0.2, 0.25) is 0 Å². The summed E-state index contributed by atoms with van der Waals surface area (Å²) < 4.78 is 0. The van der Waals surface area contributed by atoms with Gasteiger partial charge >= 0.3 is 0 Å². The second kappa shape index (κ2) is 4.87.